The number of likely N-dealkylation sites (tertiary alicyclic amines) is 1. The quantitative estimate of drug-likeness (QED) is 0.849. The van der Waals surface area contributed by atoms with Gasteiger partial charge in [-0.05, 0) is 51.7 Å². The molecule has 5 nitrogen and oxygen atoms in total. The van der Waals surface area contributed by atoms with Gasteiger partial charge in [-0.25, -0.2) is 9.97 Å². The molecular weight excluding hydrogens is 262 g/mol. The molecule has 4 rings (SSSR count). The first-order chi connectivity index (χ1) is 10.1. The van der Waals surface area contributed by atoms with Gasteiger partial charge in [0.1, 0.15) is 11.5 Å². The van der Waals surface area contributed by atoms with E-state index in [4.69, 9.17) is 0 Å². The number of imidazole rings is 2. The number of aryl methyl sites for hydroxylation is 2. The van der Waals surface area contributed by atoms with E-state index in [1.165, 1.54) is 32.4 Å². The molecule has 0 N–H and O–H groups in total. The van der Waals surface area contributed by atoms with Gasteiger partial charge in [0, 0.05) is 31.7 Å². The Kier molecular flexibility index (Phi) is 2.76. The molecule has 1 saturated carbocycles. The van der Waals surface area contributed by atoms with Gasteiger partial charge in [-0.15, -0.1) is 0 Å². The maximum Gasteiger partial charge on any atom is 0.160 e. The van der Waals surface area contributed by atoms with Crippen molar-refractivity contribution in [1.82, 2.24) is 24.0 Å². The Morgan fingerprint density at radius 1 is 1.24 bits per heavy atom. The maximum absolute atomic E-state index is 4.64. The minimum atomic E-state index is 0.520. The second-order valence-electron chi connectivity index (χ2n) is 6.83. The van der Waals surface area contributed by atoms with Crippen molar-refractivity contribution in [2.24, 2.45) is 12.5 Å². The van der Waals surface area contributed by atoms with Gasteiger partial charge in [-0.2, -0.15) is 0 Å². The topological polar surface area (TPSA) is 38.9 Å². The molecule has 0 amide bonds. The van der Waals surface area contributed by atoms with Crippen LogP contribution in [0.15, 0.2) is 18.6 Å². The van der Waals surface area contributed by atoms with Gasteiger partial charge in [0.25, 0.3) is 0 Å². The summed E-state index contributed by atoms with van der Waals surface area (Å²) < 4.78 is 4.43. The molecule has 1 saturated heterocycles. The summed E-state index contributed by atoms with van der Waals surface area (Å²) in [4.78, 5) is 11.7. The lowest BCUT2D eigenvalue weighted by Crippen LogP contribution is -2.32. The van der Waals surface area contributed by atoms with Crippen molar-refractivity contribution in [3.8, 4) is 11.5 Å². The van der Waals surface area contributed by atoms with E-state index in [1.54, 1.807) is 0 Å². The third-order valence-corrected chi connectivity index (χ3v) is 5.47. The van der Waals surface area contributed by atoms with Gasteiger partial charge in [0.05, 0.1) is 0 Å². The highest BCUT2D eigenvalue weighted by molar-refractivity contribution is 5.50. The van der Waals surface area contributed by atoms with E-state index < -0.39 is 0 Å². The average molecular weight is 285 g/mol. The average Bonchev–Trinajstić information content (AvgIpc) is 2.82. The van der Waals surface area contributed by atoms with E-state index in [1.807, 2.05) is 20.2 Å². The monoisotopic (exact) mass is 285 g/mol. The van der Waals surface area contributed by atoms with Gasteiger partial charge in [0.2, 0.25) is 0 Å². The maximum atomic E-state index is 4.64. The Labute approximate surface area is 125 Å². The van der Waals surface area contributed by atoms with Crippen molar-refractivity contribution in [2.45, 2.75) is 32.2 Å². The first-order valence-electron chi connectivity index (χ1n) is 7.81. The van der Waals surface area contributed by atoms with E-state index in [-0.39, 0.29) is 0 Å². The lowest BCUT2D eigenvalue weighted by Gasteiger charge is -2.30. The first-order valence-corrected chi connectivity index (χ1v) is 7.81. The molecule has 2 aromatic rings. The fraction of sp³-hybridized carbons (Fsp3) is 0.625. The van der Waals surface area contributed by atoms with Crippen LogP contribution in [-0.2, 0) is 7.05 Å². The number of rotatable bonds is 2. The first kappa shape index (κ1) is 13.1. The van der Waals surface area contributed by atoms with Crippen molar-refractivity contribution in [1.29, 1.82) is 0 Å². The summed E-state index contributed by atoms with van der Waals surface area (Å²) in [6.45, 7) is 4.48. The van der Waals surface area contributed by atoms with Crippen LogP contribution in [0.4, 0.5) is 0 Å². The molecule has 1 unspecified atom stereocenters. The van der Waals surface area contributed by atoms with Gasteiger partial charge in [-0.3, -0.25) is 0 Å². The van der Waals surface area contributed by atoms with E-state index in [9.17, 15) is 0 Å². The molecule has 2 fully saturated rings. The third kappa shape index (κ3) is 2.02. The van der Waals surface area contributed by atoms with Crippen molar-refractivity contribution >= 4 is 0 Å². The summed E-state index contributed by atoms with van der Waals surface area (Å²) in [7, 11) is 4.26. The zero-order valence-electron chi connectivity index (χ0n) is 13.1. The Hall–Kier alpha value is -1.62. The number of aromatic nitrogens is 4. The van der Waals surface area contributed by atoms with E-state index in [2.05, 4.69) is 43.4 Å². The number of hydrogen-bond donors (Lipinski definition) is 0. The molecule has 112 valence electrons. The van der Waals surface area contributed by atoms with Crippen LogP contribution in [0.1, 0.15) is 31.1 Å². The molecule has 1 atom stereocenters. The Balaban J connectivity index is 1.62. The second-order valence-corrected chi connectivity index (χ2v) is 6.83. The molecule has 0 aromatic carbocycles. The van der Waals surface area contributed by atoms with Crippen LogP contribution in [0.3, 0.4) is 0 Å². The lowest BCUT2D eigenvalue weighted by molar-refractivity contribution is 0.193. The highest BCUT2D eigenvalue weighted by atomic mass is 15.2. The molecule has 0 bridgehead atoms. The summed E-state index contributed by atoms with van der Waals surface area (Å²) in [5.41, 5.74) is 1.51. The van der Waals surface area contributed by atoms with Crippen molar-refractivity contribution in [3.05, 3.63) is 24.4 Å². The molecule has 5 heteroatoms. The molecule has 21 heavy (non-hydrogen) atoms. The molecule has 2 aliphatic rings. The standard InChI is InChI=1S/C16H23N5/c1-12-18-13(11-20(12)3)15-17-6-9-21(15)14-10-16(14)4-7-19(2)8-5-16/h6,9,11,14H,4-5,7-8,10H2,1-3H3. The van der Waals surface area contributed by atoms with Crippen LogP contribution in [0.2, 0.25) is 0 Å². The minimum Gasteiger partial charge on any atom is -0.337 e. The second kappa shape index (κ2) is 4.44. The summed E-state index contributed by atoms with van der Waals surface area (Å²) in [6.07, 6.45) is 10.1. The Bertz CT molecular complexity index is 641. The zero-order chi connectivity index (χ0) is 14.6. The smallest absolute Gasteiger partial charge is 0.160 e. The zero-order valence-corrected chi connectivity index (χ0v) is 13.1. The van der Waals surface area contributed by atoms with Gasteiger partial charge in [0.15, 0.2) is 5.82 Å². The van der Waals surface area contributed by atoms with E-state index >= 15 is 0 Å². The van der Waals surface area contributed by atoms with Crippen LogP contribution >= 0.6 is 0 Å². The van der Waals surface area contributed by atoms with Crippen LogP contribution in [0.5, 0.6) is 0 Å². The third-order valence-electron chi connectivity index (χ3n) is 5.47. The van der Waals surface area contributed by atoms with Crippen LogP contribution in [0, 0.1) is 12.3 Å². The Morgan fingerprint density at radius 2 is 2.00 bits per heavy atom. The van der Waals surface area contributed by atoms with Crippen LogP contribution < -0.4 is 0 Å². The number of piperidine rings is 1. The highest BCUT2D eigenvalue weighted by Crippen LogP contribution is 2.62. The van der Waals surface area contributed by atoms with Crippen molar-refractivity contribution in [2.75, 3.05) is 20.1 Å². The number of nitrogens with zero attached hydrogens (tertiary/aromatic N) is 5. The normalized spacial score (nSPS) is 24.6. The predicted octanol–water partition coefficient (Wildman–Crippen LogP) is 2.25. The van der Waals surface area contributed by atoms with Gasteiger partial charge < -0.3 is 14.0 Å². The molecular formula is C16H23N5. The number of hydrogen-bond acceptors (Lipinski definition) is 3. The molecule has 2 aromatic heterocycles. The minimum absolute atomic E-state index is 0.520. The van der Waals surface area contributed by atoms with Crippen molar-refractivity contribution in [3.63, 3.8) is 0 Å². The van der Waals surface area contributed by atoms with Gasteiger partial charge >= 0.3 is 0 Å². The van der Waals surface area contributed by atoms with Crippen molar-refractivity contribution < 1.29 is 0 Å². The predicted molar refractivity (Wildman–Crippen MR) is 82.0 cm³/mol. The summed E-state index contributed by atoms with van der Waals surface area (Å²) >= 11 is 0. The van der Waals surface area contributed by atoms with Crippen LogP contribution in [-0.4, -0.2) is 44.1 Å². The van der Waals surface area contributed by atoms with E-state index in [0.29, 0.717) is 11.5 Å². The molecule has 1 aliphatic heterocycles. The summed E-state index contributed by atoms with van der Waals surface area (Å²) in [5, 5.41) is 0. The molecule has 3 heterocycles. The molecule has 0 radical (unpaired) electrons. The van der Waals surface area contributed by atoms with Crippen LogP contribution in [0.25, 0.3) is 11.5 Å². The Morgan fingerprint density at radius 3 is 2.67 bits per heavy atom. The lowest BCUT2D eigenvalue weighted by atomic mass is 9.93. The summed E-state index contributed by atoms with van der Waals surface area (Å²) in [5.74, 6) is 2.06. The highest BCUT2D eigenvalue weighted by Gasteiger charge is 2.56. The van der Waals surface area contributed by atoms with E-state index in [0.717, 1.165) is 17.3 Å². The molecule has 1 spiro atoms. The largest absolute Gasteiger partial charge is 0.337 e. The fourth-order valence-corrected chi connectivity index (χ4v) is 3.75. The fourth-order valence-electron chi connectivity index (χ4n) is 3.75. The summed E-state index contributed by atoms with van der Waals surface area (Å²) in [6, 6.07) is 0.617. The SMILES string of the molecule is Cc1nc(-c2nccn2C2CC23CCN(C)CC3)cn1C. The molecule has 1 aliphatic carbocycles. The van der Waals surface area contributed by atoms with Gasteiger partial charge in [-0.1, -0.05) is 0 Å².